The summed E-state index contributed by atoms with van der Waals surface area (Å²) in [6.07, 6.45) is 4.63. The lowest BCUT2D eigenvalue weighted by Gasteiger charge is -2.16. The van der Waals surface area contributed by atoms with Crippen LogP contribution in [0.2, 0.25) is 0 Å². The van der Waals surface area contributed by atoms with Crippen LogP contribution >= 0.6 is 11.3 Å². The first-order valence-electron chi connectivity index (χ1n) is 8.39. The predicted octanol–water partition coefficient (Wildman–Crippen LogP) is 3.66. The van der Waals surface area contributed by atoms with Crippen LogP contribution in [0.25, 0.3) is 15.9 Å². The van der Waals surface area contributed by atoms with Crippen LogP contribution < -0.4 is 0 Å². The lowest BCUT2D eigenvalue weighted by Crippen LogP contribution is -2.26. The fraction of sp³-hybridized carbons (Fsp3) is 0.105. The summed E-state index contributed by atoms with van der Waals surface area (Å²) in [5.41, 5.74) is 1.34. The highest BCUT2D eigenvalue weighted by atomic mass is 32.1. The van der Waals surface area contributed by atoms with Crippen LogP contribution in [0.3, 0.4) is 0 Å². The van der Waals surface area contributed by atoms with Crippen LogP contribution in [0.1, 0.15) is 15.4 Å². The number of benzene rings is 2. The maximum atomic E-state index is 12.8. The van der Waals surface area contributed by atoms with Crippen molar-refractivity contribution in [3.05, 3.63) is 81.9 Å². The fourth-order valence-electron chi connectivity index (χ4n) is 2.91. The first-order valence-corrected chi connectivity index (χ1v) is 9.21. The third-order valence-electron chi connectivity index (χ3n) is 4.26. The largest absolute Gasteiger partial charge is 0.335 e. The summed E-state index contributed by atoms with van der Waals surface area (Å²) in [6, 6.07) is 12.2. The highest BCUT2D eigenvalue weighted by molar-refractivity contribution is 7.18. The van der Waals surface area contributed by atoms with Crippen molar-refractivity contribution < 1.29 is 9.72 Å². The summed E-state index contributed by atoms with van der Waals surface area (Å²) in [5, 5.41) is 12.3. The van der Waals surface area contributed by atoms with E-state index in [1.54, 1.807) is 25.4 Å². The zero-order chi connectivity index (χ0) is 19.7. The Hall–Kier alpha value is -3.59. The molecule has 28 heavy (non-hydrogen) atoms. The van der Waals surface area contributed by atoms with Crippen LogP contribution in [0.5, 0.6) is 0 Å². The van der Waals surface area contributed by atoms with Gasteiger partial charge in [-0.1, -0.05) is 12.1 Å². The minimum atomic E-state index is -0.500. The van der Waals surface area contributed by atoms with E-state index in [2.05, 4.69) is 9.97 Å². The van der Waals surface area contributed by atoms with E-state index in [4.69, 9.17) is 0 Å². The van der Waals surface area contributed by atoms with Gasteiger partial charge in [-0.3, -0.25) is 14.9 Å². The Morgan fingerprint density at radius 1 is 1.29 bits per heavy atom. The fourth-order valence-corrected chi connectivity index (χ4v) is 3.93. The van der Waals surface area contributed by atoms with Gasteiger partial charge in [0.2, 0.25) is 0 Å². The Balaban J connectivity index is 1.60. The molecule has 0 aliphatic heterocycles. The van der Waals surface area contributed by atoms with Crippen molar-refractivity contribution >= 4 is 33.1 Å². The molecule has 0 fully saturated rings. The number of carbonyl (C=O) groups excluding carboxylic acids is 1. The van der Waals surface area contributed by atoms with Gasteiger partial charge < -0.3 is 9.47 Å². The number of hydrogen-bond donors (Lipinski definition) is 0. The van der Waals surface area contributed by atoms with Gasteiger partial charge in [0.25, 0.3) is 11.6 Å². The molecule has 0 bridgehead atoms. The smallest absolute Gasteiger partial charge is 0.294 e. The number of hydrogen-bond acceptors (Lipinski definition) is 6. The third kappa shape index (κ3) is 3.35. The molecule has 9 heteroatoms. The number of nitro benzene ring substituents is 1. The molecule has 2 aromatic carbocycles. The first-order chi connectivity index (χ1) is 13.5. The molecule has 8 nitrogen and oxygen atoms in total. The highest BCUT2D eigenvalue weighted by Crippen LogP contribution is 2.26. The molecule has 4 aromatic rings. The maximum Gasteiger partial charge on any atom is 0.294 e. The number of carbonyl (C=O) groups is 1. The Labute approximate surface area is 163 Å². The molecule has 0 aliphatic rings. The summed E-state index contributed by atoms with van der Waals surface area (Å²) in [7, 11) is 1.66. The van der Waals surface area contributed by atoms with E-state index in [0.29, 0.717) is 12.2 Å². The first kappa shape index (κ1) is 17.8. The molecule has 4 rings (SSSR count). The Morgan fingerprint density at radius 3 is 2.82 bits per heavy atom. The molecule has 0 saturated carbocycles. The molecule has 2 aromatic heterocycles. The molecule has 0 saturated heterocycles. The van der Waals surface area contributed by atoms with Crippen LogP contribution in [0.4, 0.5) is 5.69 Å². The van der Waals surface area contributed by atoms with Crippen molar-refractivity contribution in [1.29, 1.82) is 0 Å². The van der Waals surface area contributed by atoms with Crippen LogP contribution in [-0.4, -0.2) is 37.3 Å². The van der Waals surface area contributed by atoms with Gasteiger partial charge in [-0.2, -0.15) is 0 Å². The van der Waals surface area contributed by atoms with Gasteiger partial charge in [-0.25, -0.2) is 9.97 Å². The Kier molecular flexibility index (Phi) is 4.58. The zero-order valence-electron chi connectivity index (χ0n) is 14.8. The Bertz CT molecular complexity index is 1140. The lowest BCUT2D eigenvalue weighted by molar-refractivity contribution is -0.384. The van der Waals surface area contributed by atoms with Crippen molar-refractivity contribution in [2.75, 3.05) is 7.05 Å². The van der Waals surface area contributed by atoms with Gasteiger partial charge >= 0.3 is 0 Å². The average Bonchev–Trinajstić information content (AvgIpc) is 3.36. The zero-order valence-corrected chi connectivity index (χ0v) is 15.7. The van der Waals surface area contributed by atoms with Gasteiger partial charge in [-0.05, 0) is 24.3 Å². The number of para-hydroxylation sites is 1. The number of nitro groups is 1. The molecular formula is C19H15N5O3S. The molecule has 0 unspecified atom stereocenters. The minimum absolute atomic E-state index is 0.155. The molecule has 0 radical (unpaired) electrons. The second kappa shape index (κ2) is 7.20. The normalized spacial score (nSPS) is 10.9. The van der Waals surface area contributed by atoms with E-state index in [0.717, 1.165) is 15.2 Å². The van der Waals surface area contributed by atoms with Crippen LogP contribution in [0, 0.1) is 10.1 Å². The third-order valence-corrected chi connectivity index (χ3v) is 5.28. The second-order valence-electron chi connectivity index (χ2n) is 6.17. The summed E-state index contributed by atoms with van der Waals surface area (Å²) in [4.78, 5) is 33.7. The predicted molar refractivity (Wildman–Crippen MR) is 106 cm³/mol. The SMILES string of the molecule is CN(Cc1nc2ccccc2s1)C(=O)c1ccc(-n2ccnc2)c([N+](=O)[O-])c1. The topological polar surface area (TPSA) is 94.2 Å². The van der Waals surface area contributed by atoms with E-state index in [-0.39, 0.29) is 17.2 Å². The van der Waals surface area contributed by atoms with Crippen molar-refractivity contribution in [3.63, 3.8) is 0 Å². The number of rotatable bonds is 5. The number of nitrogens with zero attached hydrogens (tertiary/aromatic N) is 5. The van der Waals surface area contributed by atoms with E-state index in [1.807, 2.05) is 24.3 Å². The van der Waals surface area contributed by atoms with Crippen LogP contribution in [0.15, 0.2) is 61.2 Å². The van der Waals surface area contributed by atoms with E-state index in [9.17, 15) is 14.9 Å². The van der Waals surface area contributed by atoms with Crippen molar-refractivity contribution in [1.82, 2.24) is 19.4 Å². The Morgan fingerprint density at radius 2 is 2.11 bits per heavy atom. The van der Waals surface area contributed by atoms with Crippen LogP contribution in [-0.2, 0) is 6.54 Å². The molecule has 0 N–H and O–H groups in total. The lowest BCUT2D eigenvalue weighted by atomic mass is 10.1. The van der Waals surface area contributed by atoms with Crippen molar-refractivity contribution in [3.8, 4) is 5.69 Å². The number of fused-ring (bicyclic) bond motifs is 1. The molecule has 0 spiro atoms. The van der Waals surface area contributed by atoms with Gasteiger partial charge in [0.1, 0.15) is 10.7 Å². The van der Waals surface area contributed by atoms with Gasteiger partial charge in [-0.15, -0.1) is 11.3 Å². The molecular weight excluding hydrogens is 378 g/mol. The summed E-state index contributed by atoms with van der Waals surface area (Å²) < 4.78 is 2.59. The molecule has 2 heterocycles. The minimum Gasteiger partial charge on any atom is -0.335 e. The number of thiazole rings is 1. The number of aromatic nitrogens is 3. The quantitative estimate of drug-likeness (QED) is 0.381. The maximum absolute atomic E-state index is 12.8. The van der Waals surface area contributed by atoms with Gasteiger partial charge in [0.15, 0.2) is 0 Å². The van der Waals surface area contributed by atoms with Gasteiger partial charge in [0.05, 0.1) is 28.0 Å². The van der Waals surface area contributed by atoms with Gasteiger partial charge in [0, 0.05) is 31.1 Å². The molecule has 0 aliphatic carbocycles. The van der Waals surface area contributed by atoms with E-state index >= 15 is 0 Å². The molecule has 0 atom stereocenters. The van der Waals surface area contributed by atoms with Crippen molar-refractivity contribution in [2.45, 2.75) is 6.54 Å². The van der Waals surface area contributed by atoms with E-state index in [1.165, 1.54) is 39.4 Å². The summed E-state index contributed by atoms with van der Waals surface area (Å²) in [5.74, 6) is -0.306. The summed E-state index contributed by atoms with van der Waals surface area (Å²) in [6.45, 7) is 0.329. The monoisotopic (exact) mass is 393 g/mol. The standard InChI is InChI=1S/C19H15N5O3S/c1-22(11-18-21-14-4-2-3-5-17(14)28-18)19(25)13-6-7-15(16(10-13)24(26)27)23-9-8-20-12-23/h2-10,12H,11H2,1H3. The number of imidazole rings is 1. The van der Waals surface area contributed by atoms with E-state index < -0.39 is 4.92 Å². The molecule has 140 valence electrons. The second-order valence-corrected chi connectivity index (χ2v) is 7.28. The molecule has 1 amide bonds. The highest BCUT2D eigenvalue weighted by Gasteiger charge is 2.21. The number of amides is 1. The average molecular weight is 393 g/mol. The van der Waals surface area contributed by atoms with Crippen molar-refractivity contribution in [2.24, 2.45) is 0 Å². The summed E-state index contributed by atoms with van der Waals surface area (Å²) >= 11 is 1.52.